The zero-order valence-corrected chi connectivity index (χ0v) is 10.8. The molecule has 0 fully saturated rings. The van der Waals surface area contributed by atoms with Crippen LogP contribution in [0.2, 0.25) is 0 Å². The quantitative estimate of drug-likeness (QED) is 0.834. The summed E-state index contributed by atoms with van der Waals surface area (Å²) in [5.74, 6) is -0.856. The molecule has 1 aromatic carbocycles. The van der Waals surface area contributed by atoms with Crippen LogP contribution in [0, 0.1) is 0 Å². The summed E-state index contributed by atoms with van der Waals surface area (Å²) in [5.41, 5.74) is -0.492. The molecule has 19 heavy (non-hydrogen) atoms. The molecule has 0 aromatic heterocycles. The van der Waals surface area contributed by atoms with Crippen molar-refractivity contribution in [2.24, 2.45) is 0 Å². The number of hydrogen-bond donors (Lipinski definition) is 1. The molecule has 2 unspecified atom stereocenters. The molecule has 0 heterocycles. The SMILES string of the molecule is C=CC(=O)NC(C)C(C)c1ccccc1C(F)(F)F. The van der Waals surface area contributed by atoms with Crippen molar-refractivity contribution >= 4 is 5.91 Å². The van der Waals surface area contributed by atoms with E-state index < -0.39 is 29.6 Å². The van der Waals surface area contributed by atoms with Gasteiger partial charge in [-0.2, -0.15) is 13.2 Å². The maximum absolute atomic E-state index is 12.9. The van der Waals surface area contributed by atoms with Crippen LogP contribution in [0.15, 0.2) is 36.9 Å². The number of hydrogen-bond acceptors (Lipinski definition) is 1. The minimum Gasteiger partial charge on any atom is -0.350 e. The van der Waals surface area contributed by atoms with Crippen LogP contribution in [0.4, 0.5) is 13.2 Å². The van der Waals surface area contributed by atoms with Gasteiger partial charge in [0.15, 0.2) is 0 Å². The lowest BCUT2D eigenvalue weighted by Gasteiger charge is -2.24. The van der Waals surface area contributed by atoms with Gasteiger partial charge in [0, 0.05) is 12.0 Å². The summed E-state index contributed by atoms with van der Waals surface area (Å²) in [4.78, 5) is 11.2. The van der Waals surface area contributed by atoms with Gasteiger partial charge in [0.2, 0.25) is 5.91 Å². The summed E-state index contributed by atoms with van der Waals surface area (Å²) in [7, 11) is 0. The number of halogens is 3. The summed E-state index contributed by atoms with van der Waals surface area (Å²) in [6.07, 6.45) is -3.30. The molecule has 0 saturated heterocycles. The molecule has 1 amide bonds. The van der Waals surface area contributed by atoms with Crippen molar-refractivity contribution in [3.63, 3.8) is 0 Å². The maximum Gasteiger partial charge on any atom is 0.416 e. The molecule has 104 valence electrons. The minimum atomic E-state index is -4.40. The van der Waals surface area contributed by atoms with Gasteiger partial charge in [-0.25, -0.2) is 0 Å². The third-order valence-electron chi connectivity index (χ3n) is 3.06. The van der Waals surface area contributed by atoms with Gasteiger partial charge in [-0.15, -0.1) is 0 Å². The van der Waals surface area contributed by atoms with Gasteiger partial charge in [0.25, 0.3) is 0 Å². The van der Waals surface area contributed by atoms with Gasteiger partial charge in [-0.1, -0.05) is 31.7 Å². The number of nitrogens with one attached hydrogen (secondary N) is 1. The normalized spacial score (nSPS) is 14.6. The van der Waals surface area contributed by atoms with Gasteiger partial charge in [-0.3, -0.25) is 4.79 Å². The number of rotatable bonds is 4. The van der Waals surface area contributed by atoms with E-state index in [-0.39, 0.29) is 5.56 Å². The Labute approximate surface area is 110 Å². The van der Waals surface area contributed by atoms with E-state index in [1.807, 2.05) is 0 Å². The van der Waals surface area contributed by atoms with Gasteiger partial charge >= 0.3 is 6.18 Å². The lowest BCUT2D eigenvalue weighted by Crippen LogP contribution is -2.35. The van der Waals surface area contributed by atoms with Crippen molar-refractivity contribution in [3.8, 4) is 0 Å². The monoisotopic (exact) mass is 271 g/mol. The highest BCUT2D eigenvalue weighted by Crippen LogP contribution is 2.35. The fraction of sp³-hybridized carbons (Fsp3) is 0.357. The molecule has 0 bridgehead atoms. The molecule has 2 atom stereocenters. The standard InChI is InChI=1S/C14H16F3NO/c1-4-13(19)18-10(3)9(2)11-7-5-6-8-12(11)14(15,16)17/h4-10H,1H2,2-3H3,(H,18,19). The zero-order valence-electron chi connectivity index (χ0n) is 10.8. The average Bonchev–Trinajstić information content (AvgIpc) is 2.36. The Morgan fingerprint density at radius 2 is 1.89 bits per heavy atom. The van der Waals surface area contributed by atoms with Crippen molar-refractivity contribution in [2.75, 3.05) is 0 Å². The van der Waals surface area contributed by atoms with Crippen molar-refractivity contribution in [1.82, 2.24) is 5.32 Å². The summed E-state index contributed by atoms with van der Waals surface area (Å²) >= 11 is 0. The summed E-state index contributed by atoms with van der Waals surface area (Å²) in [5, 5.41) is 2.58. The van der Waals surface area contributed by atoms with Crippen molar-refractivity contribution in [3.05, 3.63) is 48.0 Å². The van der Waals surface area contributed by atoms with Crippen molar-refractivity contribution in [2.45, 2.75) is 32.0 Å². The number of alkyl halides is 3. The highest BCUT2D eigenvalue weighted by molar-refractivity contribution is 5.87. The first-order valence-corrected chi connectivity index (χ1v) is 5.86. The Hall–Kier alpha value is -1.78. The van der Waals surface area contributed by atoms with Crippen LogP contribution in [-0.4, -0.2) is 11.9 Å². The van der Waals surface area contributed by atoms with E-state index in [4.69, 9.17) is 0 Å². The second-order valence-corrected chi connectivity index (χ2v) is 4.38. The molecule has 1 N–H and O–H groups in total. The second kappa shape index (κ2) is 5.91. The van der Waals surface area contributed by atoms with Crippen LogP contribution in [-0.2, 0) is 11.0 Å². The Morgan fingerprint density at radius 3 is 2.42 bits per heavy atom. The molecule has 0 saturated carbocycles. The maximum atomic E-state index is 12.9. The second-order valence-electron chi connectivity index (χ2n) is 4.38. The third-order valence-corrected chi connectivity index (χ3v) is 3.06. The Balaban J connectivity index is 3.02. The Morgan fingerprint density at radius 1 is 1.32 bits per heavy atom. The molecule has 0 aliphatic carbocycles. The van der Waals surface area contributed by atoms with E-state index in [1.54, 1.807) is 19.9 Å². The smallest absolute Gasteiger partial charge is 0.350 e. The molecule has 2 nitrogen and oxygen atoms in total. The van der Waals surface area contributed by atoms with E-state index in [0.29, 0.717) is 0 Å². The molecule has 0 spiro atoms. The molecule has 0 aliphatic rings. The van der Waals surface area contributed by atoms with E-state index >= 15 is 0 Å². The van der Waals surface area contributed by atoms with Crippen LogP contribution in [0.5, 0.6) is 0 Å². The predicted octanol–water partition coefficient (Wildman–Crippen LogP) is 3.50. The highest BCUT2D eigenvalue weighted by Gasteiger charge is 2.35. The Bertz CT molecular complexity index is 468. The van der Waals surface area contributed by atoms with Crippen LogP contribution < -0.4 is 5.32 Å². The number of carbonyl (C=O) groups excluding carboxylic acids is 1. The number of carbonyl (C=O) groups is 1. The summed E-state index contributed by atoms with van der Waals surface area (Å²) in [6.45, 7) is 6.63. The zero-order chi connectivity index (χ0) is 14.6. The van der Waals surface area contributed by atoms with Gasteiger partial charge in [-0.05, 0) is 24.6 Å². The highest BCUT2D eigenvalue weighted by atomic mass is 19.4. The van der Waals surface area contributed by atoms with Crippen LogP contribution >= 0.6 is 0 Å². The van der Waals surface area contributed by atoms with Crippen LogP contribution in [0.1, 0.15) is 30.9 Å². The molecule has 5 heteroatoms. The first kappa shape index (κ1) is 15.3. The van der Waals surface area contributed by atoms with E-state index in [2.05, 4.69) is 11.9 Å². The topological polar surface area (TPSA) is 29.1 Å². The summed E-state index contributed by atoms with van der Waals surface area (Å²) in [6, 6.07) is 4.97. The van der Waals surface area contributed by atoms with Crippen LogP contribution in [0.3, 0.4) is 0 Å². The van der Waals surface area contributed by atoms with Gasteiger partial charge < -0.3 is 5.32 Å². The molecule has 1 rings (SSSR count). The molecule has 0 aliphatic heterocycles. The molecular weight excluding hydrogens is 255 g/mol. The first-order chi connectivity index (χ1) is 8.77. The number of amides is 1. The molecule has 0 radical (unpaired) electrons. The van der Waals surface area contributed by atoms with Gasteiger partial charge in [0.1, 0.15) is 0 Å². The fourth-order valence-corrected chi connectivity index (χ4v) is 1.83. The largest absolute Gasteiger partial charge is 0.416 e. The number of benzene rings is 1. The lowest BCUT2D eigenvalue weighted by molar-refractivity contribution is -0.138. The predicted molar refractivity (Wildman–Crippen MR) is 67.7 cm³/mol. The Kier molecular flexibility index (Phi) is 4.75. The van der Waals surface area contributed by atoms with Crippen molar-refractivity contribution in [1.29, 1.82) is 0 Å². The minimum absolute atomic E-state index is 0.173. The molecular formula is C14H16F3NO. The van der Waals surface area contributed by atoms with E-state index in [9.17, 15) is 18.0 Å². The van der Waals surface area contributed by atoms with Crippen molar-refractivity contribution < 1.29 is 18.0 Å². The first-order valence-electron chi connectivity index (χ1n) is 5.86. The third kappa shape index (κ3) is 3.84. The average molecular weight is 271 g/mol. The van der Waals surface area contributed by atoms with Crippen LogP contribution in [0.25, 0.3) is 0 Å². The van der Waals surface area contributed by atoms with Gasteiger partial charge in [0.05, 0.1) is 5.56 Å². The van der Waals surface area contributed by atoms with E-state index in [0.717, 1.165) is 12.1 Å². The van der Waals surface area contributed by atoms with E-state index in [1.165, 1.54) is 12.1 Å². The summed E-state index contributed by atoms with van der Waals surface area (Å²) < 4.78 is 38.7. The molecule has 1 aromatic rings. The fourth-order valence-electron chi connectivity index (χ4n) is 1.83. The lowest BCUT2D eigenvalue weighted by atomic mass is 9.90.